The third-order valence-corrected chi connectivity index (χ3v) is 8.58. The van der Waals surface area contributed by atoms with Crippen LogP contribution in [0.15, 0.2) is 12.3 Å². The Morgan fingerprint density at radius 2 is 1.85 bits per heavy atom. The molecular formula is C26H31F6N5O3S. The van der Waals surface area contributed by atoms with Gasteiger partial charge in [-0.1, -0.05) is 6.42 Å². The molecule has 1 saturated heterocycles. The zero-order valence-corrected chi connectivity index (χ0v) is 23.5. The zero-order chi connectivity index (χ0) is 30.4. The Hall–Kier alpha value is -2.94. The van der Waals surface area contributed by atoms with Gasteiger partial charge in [-0.15, -0.1) is 11.3 Å². The molecule has 2 amide bonds. The molecule has 1 atom stereocenters. The van der Waals surface area contributed by atoms with Gasteiger partial charge in [-0.2, -0.15) is 26.3 Å². The summed E-state index contributed by atoms with van der Waals surface area (Å²) in [5.74, 6) is -1.83. The van der Waals surface area contributed by atoms with Gasteiger partial charge in [0.05, 0.1) is 21.5 Å². The summed E-state index contributed by atoms with van der Waals surface area (Å²) in [5.41, 5.74) is -5.41. The SMILES string of the molecule is C[C@H]1CCCN1C(=O)c1nc(C(=O)NCC(C)(C)O)sc1-c1cnc(NCC2(C(F)(F)F)CCC2)cc1C(F)(F)F. The van der Waals surface area contributed by atoms with Crippen LogP contribution in [0, 0.1) is 5.41 Å². The molecule has 0 bridgehead atoms. The summed E-state index contributed by atoms with van der Waals surface area (Å²) in [6, 6.07) is 0.419. The fourth-order valence-electron chi connectivity index (χ4n) is 4.88. The third-order valence-electron chi connectivity index (χ3n) is 7.49. The van der Waals surface area contributed by atoms with Crippen LogP contribution >= 0.6 is 11.3 Å². The molecular weight excluding hydrogens is 576 g/mol. The van der Waals surface area contributed by atoms with Crippen molar-refractivity contribution >= 4 is 29.0 Å². The molecule has 2 fully saturated rings. The summed E-state index contributed by atoms with van der Waals surface area (Å²) < 4.78 is 83.6. The van der Waals surface area contributed by atoms with Crippen LogP contribution in [0.5, 0.6) is 0 Å². The van der Waals surface area contributed by atoms with Crippen LogP contribution in [-0.2, 0) is 6.18 Å². The van der Waals surface area contributed by atoms with Crippen molar-refractivity contribution in [2.75, 3.05) is 25.0 Å². The van der Waals surface area contributed by atoms with Gasteiger partial charge in [-0.05, 0) is 52.5 Å². The first-order valence-electron chi connectivity index (χ1n) is 13.1. The van der Waals surface area contributed by atoms with Crippen LogP contribution in [0.2, 0.25) is 0 Å². The maximum atomic E-state index is 14.3. The fraction of sp³-hybridized carbons (Fsp3) is 0.615. The molecule has 4 rings (SSSR count). The van der Waals surface area contributed by atoms with Crippen molar-refractivity contribution < 1.29 is 41.0 Å². The number of thiazole rings is 1. The van der Waals surface area contributed by atoms with E-state index in [1.54, 1.807) is 6.92 Å². The Labute approximate surface area is 236 Å². The van der Waals surface area contributed by atoms with E-state index in [2.05, 4.69) is 20.6 Å². The van der Waals surface area contributed by atoms with Gasteiger partial charge in [0.2, 0.25) is 0 Å². The van der Waals surface area contributed by atoms with E-state index >= 15 is 0 Å². The number of carbonyl (C=O) groups excluding carboxylic acids is 2. The number of likely N-dealkylation sites (tertiary alicyclic amines) is 1. The summed E-state index contributed by atoms with van der Waals surface area (Å²) in [5, 5.41) is 14.5. The number of pyridine rings is 1. The third kappa shape index (κ3) is 6.60. The van der Waals surface area contributed by atoms with Crippen molar-refractivity contribution in [2.24, 2.45) is 5.41 Å². The lowest BCUT2D eigenvalue weighted by Gasteiger charge is -2.43. The second-order valence-electron chi connectivity index (χ2n) is 11.3. The molecule has 41 heavy (non-hydrogen) atoms. The Morgan fingerprint density at radius 1 is 1.17 bits per heavy atom. The number of halogens is 6. The second kappa shape index (κ2) is 11.0. The largest absolute Gasteiger partial charge is 0.417 e. The minimum atomic E-state index is -4.97. The smallest absolute Gasteiger partial charge is 0.389 e. The molecule has 2 aliphatic rings. The Kier molecular flexibility index (Phi) is 8.35. The van der Waals surface area contributed by atoms with Crippen molar-refractivity contribution in [1.82, 2.24) is 20.2 Å². The minimum Gasteiger partial charge on any atom is -0.389 e. The van der Waals surface area contributed by atoms with E-state index in [-0.39, 0.29) is 41.0 Å². The first-order valence-corrected chi connectivity index (χ1v) is 13.9. The first kappa shape index (κ1) is 31.0. The van der Waals surface area contributed by atoms with Crippen molar-refractivity contribution in [3.63, 3.8) is 0 Å². The number of nitrogens with zero attached hydrogens (tertiary/aromatic N) is 3. The van der Waals surface area contributed by atoms with E-state index in [1.807, 2.05) is 0 Å². The molecule has 1 aliphatic heterocycles. The van der Waals surface area contributed by atoms with E-state index < -0.39 is 58.7 Å². The second-order valence-corrected chi connectivity index (χ2v) is 12.3. The molecule has 1 aliphatic carbocycles. The van der Waals surface area contributed by atoms with Crippen LogP contribution in [-0.4, -0.2) is 69.2 Å². The highest BCUT2D eigenvalue weighted by atomic mass is 32.1. The average Bonchev–Trinajstić information content (AvgIpc) is 3.46. The Morgan fingerprint density at radius 3 is 2.37 bits per heavy atom. The highest BCUT2D eigenvalue weighted by molar-refractivity contribution is 7.17. The van der Waals surface area contributed by atoms with Crippen molar-refractivity contribution in [2.45, 2.75) is 76.9 Å². The summed E-state index contributed by atoms with van der Waals surface area (Å²) in [6.45, 7) is 4.26. The van der Waals surface area contributed by atoms with Crippen LogP contribution in [0.1, 0.15) is 78.7 Å². The van der Waals surface area contributed by atoms with Crippen LogP contribution < -0.4 is 10.6 Å². The summed E-state index contributed by atoms with van der Waals surface area (Å²) in [6.07, 6.45) is -7.16. The minimum absolute atomic E-state index is 0.132. The molecule has 15 heteroatoms. The van der Waals surface area contributed by atoms with Gasteiger partial charge >= 0.3 is 12.4 Å². The van der Waals surface area contributed by atoms with E-state index in [0.717, 1.165) is 6.20 Å². The number of aromatic nitrogens is 2. The molecule has 8 nitrogen and oxygen atoms in total. The molecule has 0 aromatic carbocycles. The normalized spacial score (nSPS) is 19.2. The van der Waals surface area contributed by atoms with Crippen molar-refractivity contribution in [3.8, 4) is 10.4 Å². The monoisotopic (exact) mass is 607 g/mol. The number of anilines is 1. The summed E-state index contributed by atoms with van der Waals surface area (Å²) in [4.78, 5) is 35.6. The van der Waals surface area contributed by atoms with Gasteiger partial charge in [0.1, 0.15) is 11.5 Å². The van der Waals surface area contributed by atoms with Crippen LogP contribution in [0.25, 0.3) is 10.4 Å². The van der Waals surface area contributed by atoms with E-state index in [4.69, 9.17) is 0 Å². The maximum absolute atomic E-state index is 14.3. The van der Waals surface area contributed by atoms with Gasteiger partial charge in [0.25, 0.3) is 11.8 Å². The molecule has 226 valence electrons. The van der Waals surface area contributed by atoms with E-state index in [0.29, 0.717) is 43.2 Å². The fourth-order valence-corrected chi connectivity index (χ4v) is 5.88. The average molecular weight is 608 g/mol. The highest BCUT2D eigenvalue weighted by Crippen LogP contribution is 2.53. The predicted octanol–water partition coefficient (Wildman–Crippen LogP) is 5.49. The highest BCUT2D eigenvalue weighted by Gasteiger charge is 2.58. The predicted molar refractivity (Wildman–Crippen MR) is 140 cm³/mol. The number of rotatable bonds is 8. The van der Waals surface area contributed by atoms with E-state index in [9.17, 15) is 41.0 Å². The van der Waals surface area contributed by atoms with E-state index in [1.165, 1.54) is 18.7 Å². The number of amides is 2. The number of hydrogen-bond acceptors (Lipinski definition) is 7. The van der Waals surface area contributed by atoms with Crippen LogP contribution in [0.3, 0.4) is 0 Å². The number of nitrogens with one attached hydrogen (secondary N) is 2. The lowest BCUT2D eigenvalue weighted by atomic mass is 9.68. The van der Waals surface area contributed by atoms with Crippen molar-refractivity contribution in [1.29, 1.82) is 0 Å². The maximum Gasteiger partial charge on any atom is 0.417 e. The van der Waals surface area contributed by atoms with Crippen LogP contribution in [0.4, 0.5) is 32.2 Å². The Bertz CT molecular complexity index is 1300. The summed E-state index contributed by atoms with van der Waals surface area (Å²) in [7, 11) is 0. The molecule has 3 heterocycles. The molecule has 2 aromatic rings. The topological polar surface area (TPSA) is 107 Å². The van der Waals surface area contributed by atoms with Gasteiger partial charge < -0.3 is 20.6 Å². The lowest BCUT2D eigenvalue weighted by Crippen LogP contribution is -2.48. The molecule has 1 saturated carbocycles. The van der Waals surface area contributed by atoms with Gasteiger partial charge in [-0.3, -0.25) is 9.59 Å². The molecule has 2 aromatic heterocycles. The number of alkyl halides is 6. The number of aliphatic hydroxyl groups is 1. The number of carbonyl (C=O) groups is 2. The van der Waals surface area contributed by atoms with Gasteiger partial charge in [0, 0.05) is 37.4 Å². The lowest BCUT2D eigenvalue weighted by molar-refractivity contribution is -0.244. The standard InChI is InChI=1S/C26H31F6N5O3S/c1-14-6-4-9-37(14)22(39)18-19(41-21(36-18)20(38)35-12-23(2,3)40)15-11-33-17(10-16(15)25(27,28)29)34-13-24(7-5-8-24)26(30,31)32/h10-11,14,40H,4-9,12-13H2,1-3H3,(H,33,34)(H,35,38)/t14-/m0/s1. The molecule has 0 radical (unpaired) electrons. The van der Waals surface area contributed by atoms with Crippen molar-refractivity contribution in [3.05, 3.63) is 28.5 Å². The quantitative estimate of drug-likeness (QED) is 0.343. The Balaban J connectivity index is 1.74. The van der Waals surface area contributed by atoms with Gasteiger partial charge in [-0.25, -0.2) is 9.97 Å². The zero-order valence-electron chi connectivity index (χ0n) is 22.7. The molecule has 0 unspecified atom stereocenters. The van der Waals surface area contributed by atoms with Gasteiger partial charge in [0.15, 0.2) is 5.01 Å². The number of hydrogen-bond donors (Lipinski definition) is 3. The first-order chi connectivity index (χ1) is 18.9. The molecule has 3 N–H and O–H groups in total. The molecule has 0 spiro atoms. The summed E-state index contributed by atoms with van der Waals surface area (Å²) >= 11 is 0.568.